The minimum absolute atomic E-state index is 0.875. The van der Waals surface area contributed by atoms with Crippen molar-refractivity contribution in [3.63, 3.8) is 0 Å². The maximum Gasteiger partial charge on any atom is 0.347 e. The van der Waals surface area contributed by atoms with Crippen molar-refractivity contribution in [2.45, 2.75) is 0 Å². The molecule has 1 unspecified atom stereocenters. The summed E-state index contributed by atoms with van der Waals surface area (Å²) in [6.07, 6.45) is 0. The van der Waals surface area contributed by atoms with Crippen molar-refractivity contribution in [3.8, 4) is 0 Å². The molecule has 0 saturated heterocycles. The van der Waals surface area contributed by atoms with Gasteiger partial charge in [0.1, 0.15) is 0 Å². The lowest BCUT2D eigenvalue weighted by Gasteiger charge is -1.82. The summed E-state index contributed by atoms with van der Waals surface area (Å²) in [6, 6.07) is 0. The molecule has 0 rings (SSSR count). The van der Waals surface area contributed by atoms with Crippen LogP contribution in [-0.4, -0.2) is 11.6 Å². The van der Waals surface area contributed by atoms with Crippen LogP contribution in [0.5, 0.6) is 0 Å². The van der Waals surface area contributed by atoms with Gasteiger partial charge in [-0.15, -0.1) is 4.91 Å². The molecule has 0 heterocycles. The van der Waals surface area contributed by atoms with Gasteiger partial charge in [0.15, 0.2) is 0 Å². The Hall–Kier alpha value is -0.210. The summed E-state index contributed by atoms with van der Waals surface area (Å²) in [5.41, 5.74) is 0. The van der Waals surface area contributed by atoms with E-state index in [1.54, 1.807) is 0 Å². The number of rotatable bonds is 1. The second-order valence-electron chi connectivity index (χ2n) is 0.917. The van der Waals surface area contributed by atoms with Crippen molar-refractivity contribution >= 4 is 7.52 Å². The lowest BCUT2D eigenvalue weighted by molar-refractivity contribution is 0.486. The number of hydrogen-bond donors (Lipinski definition) is 1. The fraction of sp³-hybridized carbons (Fsp3) is 1.00. The van der Waals surface area contributed by atoms with E-state index in [0.29, 0.717) is 0 Å². The van der Waals surface area contributed by atoms with Crippen LogP contribution in [0.1, 0.15) is 0 Å². The van der Waals surface area contributed by atoms with Crippen LogP contribution < -0.4 is 0 Å². The monoisotopic (exact) mass is 109 g/mol. The van der Waals surface area contributed by atoms with Gasteiger partial charge in [0.25, 0.3) is 0 Å². The Morgan fingerprint density at radius 3 is 2.00 bits per heavy atom. The van der Waals surface area contributed by atoms with E-state index in [1.807, 2.05) is 4.95 Å². The predicted octanol–water partition coefficient (Wildman–Crippen LogP) is 0.568. The quantitative estimate of drug-likeness (QED) is 0.395. The van der Waals surface area contributed by atoms with Gasteiger partial charge in [-0.25, -0.2) is 0 Å². The Kier molecular flexibility index (Phi) is 1.44. The highest BCUT2D eigenvalue weighted by Gasteiger charge is 2.04. The zero-order valence-electron chi connectivity index (χ0n) is 3.16. The van der Waals surface area contributed by atoms with Crippen molar-refractivity contribution in [2.75, 3.05) is 6.66 Å². The smallest absolute Gasteiger partial charge is 0.326 e. The molecule has 0 aromatic carbocycles. The Morgan fingerprint density at radius 2 is 2.00 bits per heavy atom. The van der Waals surface area contributed by atoms with Gasteiger partial charge in [-0.1, -0.05) is 0 Å². The van der Waals surface area contributed by atoms with Crippen molar-refractivity contribution < 1.29 is 9.46 Å². The van der Waals surface area contributed by atoms with Crippen LogP contribution in [0.15, 0.2) is 4.95 Å². The summed E-state index contributed by atoms with van der Waals surface area (Å²) >= 11 is 0. The van der Waals surface area contributed by atoms with Crippen LogP contribution in [0.3, 0.4) is 0 Å². The zero-order chi connectivity index (χ0) is 5.21. The van der Waals surface area contributed by atoms with Gasteiger partial charge in [0.2, 0.25) is 0 Å². The molecular weight excluding hydrogens is 105 g/mol. The molecule has 0 aliphatic heterocycles. The standard InChI is InChI=1S/CH4NO3P/c1-6(4,5)2-3/h1H3,(H,4,5). The minimum atomic E-state index is -3.58. The molecule has 36 valence electrons. The normalized spacial score (nSPS) is 19.0. The SMILES string of the molecule is CP(=O)(O)N=O. The maximum absolute atomic E-state index is 9.66. The van der Waals surface area contributed by atoms with Gasteiger partial charge in [-0.2, -0.15) is 0 Å². The molecule has 0 aliphatic carbocycles. The van der Waals surface area contributed by atoms with E-state index in [2.05, 4.69) is 0 Å². The van der Waals surface area contributed by atoms with Gasteiger partial charge < -0.3 is 4.89 Å². The molecule has 0 bridgehead atoms. The van der Waals surface area contributed by atoms with Crippen LogP contribution in [0.2, 0.25) is 0 Å². The first-order valence-corrected chi connectivity index (χ1v) is 3.27. The van der Waals surface area contributed by atoms with E-state index in [4.69, 9.17) is 9.80 Å². The van der Waals surface area contributed by atoms with E-state index in [9.17, 15) is 4.57 Å². The van der Waals surface area contributed by atoms with E-state index < -0.39 is 7.52 Å². The van der Waals surface area contributed by atoms with Crippen molar-refractivity contribution in [2.24, 2.45) is 4.95 Å². The van der Waals surface area contributed by atoms with Crippen LogP contribution in [0.4, 0.5) is 0 Å². The number of hydrogen-bond acceptors (Lipinski definition) is 2. The molecule has 0 aromatic heterocycles. The fourth-order valence-corrected chi connectivity index (χ4v) is 0. The van der Waals surface area contributed by atoms with Crippen LogP contribution >= 0.6 is 7.52 Å². The van der Waals surface area contributed by atoms with Crippen LogP contribution in [-0.2, 0) is 4.57 Å². The molecule has 1 atom stereocenters. The first kappa shape index (κ1) is 5.79. The number of nitroso groups, excluding NO2 is 1. The molecule has 0 radical (unpaired) electrons. The van der Waals surface area contributed by atoms with Gasteiger partial charge in [-0.05, 0) is 0 Å². The zero-order valence-corrected chi connectivity index (χ0v) is 4.05. The van der Waals surface area contributed by atoms with Crippen LogP contribution in [0, 0.1) is 4.91 Å². The predicted molar refractivity (Wildman–Crippen MR) is 21.5 cm³/mol. The molecule has 0 amide bonds. The van der Waals surface area contributed by atoms with E-state index in [0.717, 1.165) is 6.66 Å². The van der Waals surface area contributed by atoms with Crippen LogP contribution in [0.25, 0.3) is 0 Å². The first-order chi connectivity index (χ1) is 2.56. The first-order valence-electron chi connectivity index (χ1n) is 1.21. The van der Waals surface area contributed by atoms with Gasteiger partial charge in [-0.3, -0.25) is 4.57 Å². The summed E-state index contributed by atoms with van der Waals surface area (Å²) in [6.45, 7) is 0.875. The van der Waals surface area contributed by atoms with E-state index >= 15 is 0 Å². The highest BCUT2D eigenvalue weighted by Crippen LogP contribution is 2.35. The summed E-state index contributed by atoms with van der Waals surface area (Å²) in [7, 11) is -3.58. The average Bonchev–Trinajstić information content (AvgIpc) is 1.35. The Balaban J connectivity index is 3.81. The molecule has 0 aromatic rings. The molecular formula is CH4NO3P. The summed E-state index contributed by atoms with van der Waals surface area (Å²) in [5.74, 6) is 0. The molecule has 0 spiro atoms. The molecule has 4 nitrogen and oxygen atoms in total. The second kappa shape index (κ2) is 1.49. The molecule has 0 saturated carbocycles. The largest absolute Gasteiger partial charge is 0.347 e. The van der Waals surface area contributed by atoms with Crippen molar-refractivity contribution in [3.05, 3.63) is 4.91 Å². The third kappa shape index (κ3) is 3.79. The van der Waals surface area contributed by atoms with Gasteiger partial charge in [0.05, 0.1) is 0 Å². The van der Waals surface area contributed by atoms with Crippen molar-refractivity contribution in [1.29, 1.82) is 0 Å². The summed E-state index contributed by atoms with van der Waals surface area (Å²) in [4.78, 5) is 18.8. The summed E-state index contributed by atoms with van der Waals surface area (Å²) < 4.78 is 9.66. The Bertz CT molecular complexity index is 93.0. The van der Waals surface area contributed by atoms with Gasteiger partial charge in [0, 0.05) is 11.6 Å². The topological polar surface area (TPSA) is 66.7 Å². The molecule has 0 fully saturated rings. The van der Waals surface area contributed by atoms with E-state index in [-0.39, 0.29) is 0 Å². The second-order valence-corrected chi connectivity index (χ2v) is 2.75. The highest BCUT2D eigenvalue weighted by molar-refractivity contribution is 7.55. The van der Waals surface area contributed by atoms with Gasteiger partial charge >= 0.3 is 7.52 Å². The lowest BCUT2D eigenvalue weighted by Crippen LogP contribution is -1.61. The van der Waals surface area contributed by atoms with Crippen molar-refractivity contribution in [1.82, 2.24) is 0 Å². The lowest BCUT2D eigenvalue weighted by atomic mass is 12.0. The Labute approximate surface area is 34.7 Å². The third-order valence-electron chi connectivity index (χ3n) is 0.151. The minimum Gasteiger partial charge on any atom is -0.326 e. The molecule has 5 heteroatoms. The molecule has 0 aliphatic rings. The highest BCUT2D eigenvalue weighted by atomic mass is 31.2. The number of nitrogens with zero attached hydrogens (tertiary/aromatic N) is 1. The average molecular weight is 109 g/mol. The maximum atomic E-state index is 9.66. The third-order valence-corrected chi connectivity index (χ3v) is 0.454. The Morgan fingerprint density at radius 1 is 1.83 bits per heavy atom. The van der Waals surface area contributed by atoms with E-state index in [1.165, 1.54) is 0 Å². The fourth-order valence-electron chi connectivity index (χ4n) is 0. The molecule has 6 heavy (non-hydrogen) atoms. The summed E-state index contributed by atoms with van der Waals surface area (Å²) in [5, 5.41) is 0. The molecule has 1 N–H and O–H groups in total.